The van der Waals surface area contributed by atoms with Gasteiger partial charge in [0.15, 0.2) is 0 Å². The molecule has 0 aliphatic carbocycles. The Bertz CT molecular complexity index is 1290. The Kier molecular flexibility index (Phi) is 8.05. The van der Waals surface area contributed by atoms with Crippen LogP contribution in [-0.2, 0) is 10.0 Å². The summed E-state index contributed by atoms with van der Waals surface area (Å²) >= 11 is 0. The Balaban J connectivity index is 1.53. The van der Waals surface area contributed by atoms with E-state index in [-0.39, 0.29) is 29.1 Å². The average molecular weight is 544 g/mol. The van der Waals surface area contributed by atoms with E-state index in [1.807, 2.05) is 0 Å². The van der Waals surface area contributed by atoms with E-state index in [2.05, 4.69) is 5.32 Å². The number of nitrogens with two attached hydrogens (primary N) is 1. The topological polar surface area (TPSA) is 177 Å². The predicted octanol–water partition coefficient (Wildman–Crippen LogP) is 1.60. The lowest BCUT2D eigenvalue weighted by molar-refractivity contribution is 0.0555. The number of carbonyl (C=O) groups is 2. The van der Waals surface area contributed by atoms with E-state index in [4.69, 9.17) is 16.2 Å². The fourth-order valence-electron chi connectivity index (χ4n) is 5.39. The normalized spacial score (nSPS) is 21.7. The first-order valence-corrected chi connectivity index (χ1v) is 14.3. The molecule has 6 N–H and O–H groups in total. The molecular formula is C26H33N5O6S. The first kappa shape index (κ1) is 27.6. The molecule has 2 fully saturated rings. The second kappa shape index (κ2) is 11.1. The van der Waals surface area contributed by atoms with Crippen molar-refractivity contribution in [3.8, 4) is 0 Å². The molecule has 0 aromatic heterocycles. The molecule has 2 heterocycles. The van der Waals surface area contributed by atoms with Crippen molar-refractivity contribution in [2.45, 2.75) is 31.5 Å². The van der Waals surface area contributed by atoms with Crippen LogP contribution in [0.5, 0.6) is 0 Å². The molecule has 2 saturated heterocycles. The van der Waals surface area contributed by atoms with E-state index in [1.165, 1.54) is 22.7 Å². The number of nitrogen functional groups attached to an aromatic ring is 1. The van der Waals surface area contributed by atoms with Gasteiger partial charge in [-0.3, -0.25) is 10.2 Å². The minimum absolute atomic E-state index is 0.0768. The van der Waals surface area contributed by atoms with Gasteiger partial charge in [0, 0.05) is 36.4 Å². The SMILES string of the molecule is CS(=O)(=O)N1CCC([C@H]2C[C@@H](C(O)Nc3ccc(C(=O)O)cc3)N(C(=O)c3ccc(C(=N)N)cc3)C2)CC1. The van der Waals surface area contributed by atoms with Crippen LogP contribution in [0.25, 0.3) is 0 Å². The number of hydrogen-bond acceptors (Lipinski definition) is 7. The van der Waals surface area contributed by atoms with Crippen LogP contribution in [-0.4, -0.2) is 83.7 Å². The van der Waals surface area contributed by atoms with E-state index in [1.54, 1.807) is 41.3 Å². The van der Waals surface area contributed by atoms with Crippen LogP contribution in [0.1, 0.15) is 45.5 Å². The Morgan fingerprint density at radius 3 is 2.08 bits per heavy atom. The number of carboxylic acids is 1. The quantitative estimate of drug-likeness (QED) is 0.189. The highest BCUT2D eigenvalue weighted by molar-refractivity contribution is 7.88. The summed E-state index contributed by atoms with van der Waals surface area (Å²) in [5.41, 5.74) is 7.08. The first-order valence-electron chi connectivity index (χ1n) is 12.4. The number of piperidine rings is 1. The molecule has 2 aromatic carbocycles. The van der Waals surface area contributed by atoms with Gasteiger partial charge in [0.2, 0.25) is 10.0 Å². The lowest BCUT2D eigenvalue weighted by Gasteiger charge is -2.33. The maximum Gasteiger partial charge on any atom is 0.335 e. The van der Waals surface area contributed by atoms with Crippen LogP contribution in [0.4, 0.5) is 5.69 Å². The highest BCUT2D eigenvalue weighted by Crippen LogP contribution is 2.37. The number of amides is 1. The highest BCUT2D eigenvalue weighted by Gasteiger charge is 2.43. The second-order valence-electron chi connectivity index (χ2n) is 9.98. The van der Waals surface area contributed by atoms with Crippen molar-refractivity contribution in [3.05, 3.63) is 65.2 Å². The maximum absolute atomic E-state index is 13.6. The predicted molar refractivity (Wildman–Crippen MR) is 143 cm³/mol. The molecule has 0 saturated carbocycles. The van der Waals surface area contributed by atoms with E-state index >= 15 is 0 Å². The largest absolute Gasteiger partial charge is 0.478 e. The van der Waals surface area contributed by atoms with Crippen LogP contribution in [0.3, 0.4) is 0 Å². The summed E-state index contributed by atoms with van der Waals surface area (Å²) in [6.45, 7) is 1.28. The van der Waals surface area contributed by atoms with Crippen LogP contribution < -0.4 is 11.1 Å². The number of sulfonamides is 1. The Labute approximate surface area is 221 Å². The van der Waals surface area contributed by atoms with Crippen molar-refractivity contribution < 1.29 is 28.2 Å². The first-order chi connectivity index (χ1) is 17.9. The van der Waals surface area contributed by atoms with E-state index in [0.717, 1.165) is 0 Å². The van der Waals surface area contributed by atoms with Crippen molar-refractivity contribution in [2.75, 3.05) is 31.2 Å². The molecule has 2 aromatic rings. The average Bonchev–Trinajstić information content (AvgIpc) is 3.34. The van der Waals surface area contributed by atoms with Gasteiger partial charge in [-0.05, 0) is 67.5 Å². The fraction of sp³-hybridized carbons (Fsp3) is 0.423. The van der Waals surface area contributed by atoms with E-state index < -0.39 is 28.3 Å². The molecule has 0 spiro atoms. The van der Waals surface area contributed by atoms with Gasteiger partial charge in [-0.15, -0.1) is 0 Å². The summed E-state index contributed by atoms with van der Waals surface area (Å²) in [4.78, 5) is 26.4. The van der Waals surface area contributed by atoms with Crippen LogP contribution in [0, 0.1) is 17.2 Å². The molecule has 204 valence electrons. The number of nitrogens with zero attached hydrogens (tertiary/aromatic N) is 2. The monoisotopic (exact) mass is 543 g/mol. The third kappa shape index (κ3) is 6.14. The Morgan fingerprint density at radius 1 is 1.00 bits per heavy atom. The third-order valence-corrected chi connectivity index (χ3v) is 8.83. The molecule has 1 unspecified atom stereocenters. The molecule has 0 bridgehead atoms. The lowest BCUT2D eigenvalue weighted by Crippen LogP contribution is -2.46. The standard InChI is InChI=1S/C26H33N5O6S/c1-38(36,37)30-12-10-16(11-13-30)20-14-22(24(32)29-21-8-6-19(7-9-21)26(34)35)31(15-20)25(33)18-4-2-17(3-5-18)23(27)28/h2-9,16,20,22,24,29,32H,10-15H2,1H3,(H3,27,28)(H,34,35)/t20-,22-,24?/m0/s1. The number of aliphatic hydroxyl groups is 1. The minimum atomic E-state index is -3.25. The summed E-state index contributed by atoms with van der Waals surface area (Å²) in [5, 5.41) is 30.9. The second-order valence-corrected chi connectivity index (χ2v) is 12.0. The summed E-state index contributed by atoms with van der Waals surface area (Å²) < 4.78 is 25.3. The summed E-state index contributed by atoms with van der Waals surface area (Å²) in [7, 11) is -3.25. The fourth-order valence-corrected chi connectivity index (χ4v) is 6.26. The Morgan fingerprint density at radius 2 is 1.55 bits per heavy atom. The van der Waals surface area contributed by atoms with Crippen LogP contribution >= 0.6 is 0 Å². The number of aromatic carboxylic acids is 1. The van der Waals surface area contributed by atoms with Crippen molar-refractivity contribution in [1.82, 2.24) is 9.21 Å². The number of hydrogen-bond donors (Lipinski definition) is 5. The van der Waals surface area contributed by atoms with Gasteiger partial charge < -0.3 is 26.2 Å². The zero-order chi connectivity index (χ0) is 27.6. The smallest absolute Gasteiger partial charge is 0.335 e. The van der Waals surface area contributed by atoms with E-state index in [0.29, 0.717) is 55.7 Å². The molecule has 2 aliphatic heterocycles. The molecule has 4 rings (SSSR count). The van der Waals surface area contributed by atoms with Gasteiger partial charge in [-0.25, -0.2) is 17.5 Å². The number of benzene rings is 2. The molecule has 1 amide bonds. The van der Waals surface area contributed by atoms with Gasteiger partial charge in [0.25, 0.3) is 5.91 Å². The summed E-state index contributed by atoms with van der Waals surface area (Å²) in [6.07, 6.45) is 1.98. The van der Waals surface area contributed by atoms with Crippen molar-refractivity contribution >= 4 is 33.4 Å². The number of nitrogens with one attached hydrogen (secondary N) is 2. The van der Waals surface area contributed by atoms with Crippen LogP contribution in [0.15, 0.2) is 48.5 Å². The van der Waals surface area contributed by atoms with Crippen molar-refractivity contribution in [3.63, 3.8) is 0 Å². The van der Waals surface area contributed by atoms with Gasteiger partial charge in [0.1, 0.15) is 12.1 Å². The molecule has 38 heavy (non-hydrogen) atoms. The van der Waals surface area contributed by atoms with Gasteiger partial charge in [0.05, 0.1) is 17.9 Å². The highest BCUT2D eigenvalue weighted by atomic mass is 32.2. The molecule has 2 aliphatic rings. The van der Waals surface area contributed by atoms with Crippen molar-refractivity contribution in [1.29, 1.82) is 5.41 Å². The summed E-state index contributed by atoms with van der Waals surface area (Å²) in [6, 6.07) is 11.9. The number of amidine groups is 1. The van der Waals surface area contributed by atoms with Gasteiger partial charge in [-0.2, -0.15) is 0 Å². The molecular weight excluding hydrogens is 510 g/mol. The summed E-state index contributed by atoms with van der Waals surface area (Å²) in [5.74, 6) is -1.13. The number of likely N-dealkylation sites (tertiary alicyclic amines) is 1. The van der Waals surface area contributed by atoms with E-state index in [9.17, 15) is 23.1 Å². The third-order valence-electron chi connectivity index (χ3n) is 7.52. The molecule has 12 heteroatoms. The Hall–Kier alpha value is -3.48. The number of carbonyl (C=O) groups excluding carboxylic acids is 1. The molecule has 11 nitrogen and oxygen atoms in total. The zero-order valence-electron chi connectivity index (χ0n) is 21.1. The van der Waals surface area contributed by atoms with Crippen molar-refractivity contribution in [2.24, 2.45) is 17.6 Å². The number of carboxylic acid groups (broad SMARTS) is 1. The number of anilines is 1. The molecule has 3 atom stereocenters. The van der Waals surface area contributed by atoms with Gasteiger partial charge >= 0.3 is 5.97 Å². The van der Waals surface area contributed by atoms with Crippen LogP contribution in [0.2, 0.25) is 0 Å². The minimum Gasteiger partial charge on any atom is -0.478 e. The number of aliphatic hydroxyl groups excluding tert-OH is 1. The number of rotatable bonds is 8. The lowest BCUT2D eigenvalue weighted by atomic mass is 9.83. The zero-order valence-corrected chi connectivity index (χ0v) is 21.9. The van der Waals surface area contributed by atoms with Gasteiger partial charge in [-0.1, -0.05) is 12.1 Å². The maximum atomic E-state index is 13.6. The molecule has 0 radical (unpaired) electrons.